The van der Waals surface area contributed by atoms with Gasteiger partial charge in [-0.3, -0.25) is 9.59 Å². The summed E-state index contributed by atoms with van der Waals surface area (Å²) in [6.07, 6.45) is 3.44. The van der Waals surface area contributed by atoms with E-state index >= 15 is 0 Å². The highest BCUT2D eigenvalue weighted by Gasteiger charge is 2.20. The fourth-order valence-electron chi connectivity index (χ4n) is 2.97. The molecule has 12 heteroatoms. The molecule has 0 atom stereocenters. The molecule has 0 saturated carbocycles. The first-order valence-electron chi connectivity index (χ1n) is 8.94. The van der Waals surface area contributed by atoms with E-state index in [0.717, 1.165) is 49.1 Å². The Balaban J connectivity index is 0.000000755. The van der Waals surface area contributed by atoms with E-state index in [2.05, 4.69) is 34.9 Å². The molecular formula is C17H21N7O3S2. The van der Waals surface area contributed by atoms with Gasteiger partial charge in [0.25, 0.3) is 12.4 Å². The van der Waals surface area contributed by atoms with Crippen molar-refractivity contribution in [2.75, 3.05) is 24.5 Å². The lowest BCUT2D eigenvalue weighted by atomic mass is 10.3. The van der Waals surface area contributed by atoms with E-state index in [9.17, 15) is 4.79 Å². The second-order valence-corrected chi connectivity index (χ2v) is 7.92. The van der Waals surface area contributed by atoms with Crippen LogP contribution in [0.15, 0.2) is 17.2 Å². The molecule has 3 aromatic rings. The van der Waals surface area contributed by atoms with E-state index in [4.69, 9.17) is 9.90 Å². The minimum Gasteiger partial charge on any atom is -0.483 e. The first-order chi connectivity index (χ1) is 14.1. The maximum Gasteiger partial charge on any atom is 0.290 e. The fourth-order valence-corrected chi connectivity index (χ4v) is 4.37. The number of carbonyl (C=O) groups is 2. The summed E-state index contributed by atoms with van der Waals surface area (Å²) in [7, 11) is 0. The second-order valence-electron chi connectivity index (χ2n) is 6.17. The SMILES string of the molecule is Cc1ncsc1CCNC(=O)c1cn2c(n1)CCN(c1nncs1)CC2.O=CO. The number of nitrogens with zero attached hydrogens (tertiary/aromatic N) is 6. The zero-order valence-electron chi connectivity index (χ0n) is 15.8. The molecule has 0 aliphatic carbocycles. The van der Waals surface area contributed by atoms with Crippen LogP contribution in [-0.4, -0.2) is 61.9 Å². The van der Waals surface area contributed by atoms with Gasteiger partial charge in [-0.25, -0.2) is 9.97 Å². The molecule has 29 heavy (non-hydrogen) atoms. The number of nitrogens with one attached hydrogen (secondary N) is 1. The predicted molar refractivity (Wildman–Crippen MR) is 110 cm³/mol. The van der Waals surface area contributed by atoms with Gasteiger partial charge in [0.2, 0.25) is 5.13 Å². The van der Waals surface area contributed by atoms with Crippen LogP contribution in [0.2, 0.25) is 0 Å². The summed E-state index contributed by atoms with van der Waals surface area (Å²) in [6, 6.07) is 0. The average Bonchev–Trinajstić information content (AvgIpc) is 3.43. The van der Waals surface area contributed by atoms with Crippen LogP contribution in [0.5, 0.6) is 0 Å². The lowest BCUT2D eigenvalue weighted by molar-refractivity contribution is -0.122. The first-order valence-corrected chi connectivity index (χ1v) is 10.7. The quantitative estimate of drug-likeness (QED) is 0.573. The third-order valence-electron chi connectivity index (χ3n) is 4.41. The van der Waals surface area contributed by atoms with Crippen molar-refractivity contribution < 1.29 is 14.7 Å². The zero-order valence-corrected chi connectivity index (χ0v) is 17.4. The molecule has 0 unspecified atom stereocenters. The Labute approximate surface area is 175 Å². The molecule has 0 saturated heterocycles. The van der Waals surface area contributed by atoms with Crippen LogP contribution in [0.25, 0.3) is 0 Å². The van der Waals surface area contributed by atoms with E-state index in [1.807, 2.05) is 18.6 Å². The van der Waals surface area contributed by atoms with Crippen molar-refractivity contribution >= 4 is 40.2 Å². The van der Waals surface area contributed by atoms with Crippen molar-refractivity contribution in [3.05, 3.63) is 39.3 Å². The number of rotatable bonds is 5. The molecule has 3 aromatic heterocycles. The number of aromatic nitrogens is 5. The van der Waals surface area contributed by atoms with Crippen molar-refractivity contribution in [3.63, 3.8) is 0 Å². The fraction of sp³-hybridized carbons (Fsp3) is 0.412. The molecule has 0 bridgehead atoms. The highest BCUT2D eigenvalue weighted by Crippen LogP contribution is 2.19. The third kappa shape index (κ3) is 5.35. The monoisotopic (exact) mass is 435 g/mol. The van der Waals surface area contributed by atoms with Gasteiger partial charge >= 0.3 is 0 Å². The molecule has 154 valence electrons. The number of carbonyl (C=O) groups excluding carboxylic acids is 1. The van der Waals surface area contributed by atoms with E-state index in [0.29, 0.717) is 12.2 Å². The summed E-state index contributed by atoms with van der Waals surface area (Å²) in [6.45, 7) is 4.79. The van der Waals surface area contributed by atoms with Crippen LogP contribution in [-0.2, 0) is 24.2 Å². The third-order valence-corrected chi connectivity index (χ3v) is 6.15. The second kappa shape index (κ2) is 10.1. The lowest BCUT2D eigenvalue weighted by Crippen LogP contribution is -2.27. The van der Waals surface area contributed by atoms with Crippen LogP contribution >= 0.6 is 22.7 Å². The Bertz CT molecular complexity index is 913. The van der Waals surface area contributed by atoms with Crippen LogP contribution in [0.4, 0.5) is 5.13 Å². The molecule has 1 amide bonds. The summed E-state index contributed by atoms with van der Waals surface area (Å²) in [4.78, 5) is 32.9. The normalized spacial score (nSPS) is 13.1. The molecular weight excluding hydrogens is 414 g/mol. The number of anilines is 1. The molecule has 1 aliphatic heterocycles. The van der Waals surface area contributed by atoms with Gasteiger partial charge < -0.3 is 19.9 Å². The van der Waals surface area contributed by atoms with E-state index in [1.165, 1.54) is 4.88 Å². The number of hydrogen-bond acceptors (Lipinski definition) is 9. The van der Waals surface area contributed by atoms with Gasteiger partial charge in [0.1, 0.15) is 17.0 Å². The highest BCUT2D eigenvalue weighted by molar-refractivity contribution is 7.13. The van der Waals surface area contributed by atoms with Crippen LogP contribution in [0, 0.1) is 6.92 Å². The number of aryl methyl sites for hydroxylation is 1. The molecule has 0 aromatic carbocycles. The molecule has 2 N–H and O–H groups in total. The number of imidazole rings is 1. The van der Waals surface area contributed by atoms with Gasteiger partial charge in [0, 0.05) is 50.1 Å². The number of carboxylic acid groups (broad SMARTS) is 1. The van der Waals surface area contributed by atoms with Crippen molar-refractivity contribution in [2.24, 2.45) is 0 Å². The smallest absolute Gasteiger partial charge is 0.290 e. The molecule has 10 nitrogen and oxygen atoms in total. The van der Waals surface area contributed by atoms with Crippen molar-refractivity contribution in [3.8, 4) is 0 Å². The minimum absolute atomic E-state index is 0.117. The standard InChI is InChI=1S/C16H19N7OS2.CH2O2/c1-11-13(25-9-18-11)2-4-17-15(24)12-8-23-7-6-22(5-3-14(23)20-12)16-21-19-10-26-16;2-1-3/h8-10H,2-7H2,1H3,(H,17,24);1H,(H,2,3). The van der Waals surface area contributed by atoms with E-state index in [-0.39, 0.29) is 12.4 Å². The van der Waals surface area contributed by atoms with Crippen molar-refractivity contribution in [2.45, 2.75) is 26.3 Å². The Morgan fingerprint density at radius 2 is 2.14 bits per heavy atom. The molecule has 4 rings (SSSR count). The molecule has 0 fully saturated rings. The van der Waals surface area contributed by atoms with Gasteiger partial charge in [0.05, 0.1) is 11.2 Å². The Kier molecular flexibility index (Phi) is 7.25. The van der Waals surface area contributed by atoms with Gasteiger partial charge in [-0.2, -0.15) is 0 Å². The topological polar surface area (TPSA) is 126 Å². The molecule has 0 radical (unpaired) electrons. The minimum atomic E-state index is -0.250. The molecule has 1 aliphatic rings. The highest BCUT2D eigenvalue weighted by atomic mass is 32.1. The Hall–Kier alpha value is -2.86. The maximum absolute atomic E-state index is 12.4. The number of hydrogen-bond donors (Lipinski definition) is 2. The van der Waals surface area contributed by atoms with Crippen LogP contribution < -0.4 is 10.2 Å². The van der Waals surface area contributed by atoms with Gasteiger partial charge in [0.15, 0.2) is 0 Å². The summed E-state index contributed by atoms with van der Waals surface area (Å²) in [5.41, 5.74) is 5.11. The molecule has 4 heterocycles. The van der Waals surface area contributed by atoms with Gasteiger partial charge in [-0.15, -0.1) is 21.5 Å². The van der Waals surface area contributed by atoms with E-state index in [1.54, 1.807) is 28.2 Å². The first kappa shape index (κ1) is 20.9. The maximum atomic E-state index is 12.4. The number of thiazole rings is 1. The van der Waals surface area contributed by atoms with Gasteiger partial charge in [-0.05, 0) is 6.92 Å². The lowest BCUT2D eigenvalue weighted by Gasteiger charge is -2.17. The van der Waals surface area contributed by atoms with Crippen molar-refractivity contribution in [1.82, 2.24) is 30.0 Å². The summed E-state index contributed by atoms with van der Waals surface area (Å²) >= 11 is 3.17. The Morgan fingerprint density at radius 3 is 2.83 bits per heavy atom. The summed E-state index contributed by atoms with van der Waals surface area (Å²) < 4.78 is 2.07. The van der Waals surface area contributed by atoms with E-state index < -0.39 is 0 Å². The average molecular weight is 436 g/mol. The number of amides is 1. The predicted octanol–water partition coefficient (Wildman–Crippen LogP) is 1.24. The zero-order chi connectivity index (χ0) is 20.6. The van der Waals surface area contributed by atoms with Crippen LogP contribution in [0.3, 0.4) is 0 Å². The summed E-state index contributed by atoms with van der Waals surface area (Å²) in [5.74, 6) is 0.828. The Morgan fingerprint density at radius 1 is 1.31 bits per heavy atom. The molecule has 0 spiro atoms. The summed E-state index contributed by atoms with van der Waals surface area (Å²) in [5, 5.41) is 18.8. The largest absolute Gasteiger partial charge is 0.483 e. The van der Waals surface area contributed by atoms with Crippen molar-refractivity contribution in [1.29, 1.82) is 0 Å². The van der Waals surface area contributed by atoms with Crippen LogP contribution in [0.1, 0.15) is 26.9 Å². The van der Waals surface area contributed by atoms with Gasteiger partial charge in [-0.1, -0.05) is 11.3 Å². The number of fused-ring (bicyclic) bond motifs is 1.